The molecule has 0 N–H and O–H groups in total. The molecule has 0 saturated heterocycles. The summed E-state index contributed by atoms with van der Waals surface area (Å²) in [6.07, 6.45) is 1.01. The van der Waals surface area contributed by atoms with Crippen molar-refractivity contribution in [1.82, 2.24) is 14.8 Å². The third-order valence-electron chi connectivity index (χ3n) is 4.62. The number of halogens is 2. The predicted molar refractivity (Wildman–Crippen MR) is 125 cm³/mol. The first kappa shape index (κ1) is 20.2. The van der Waals surface area contributed by atoms with E-state index in [1.165, 1.54) is 11.1 Å². The summed E-state index contributed by atoms with van der Waals surface area (Å²) in [5, 5.41) is 10.6. The van der Waals surface area contributed by atoms with Crippen LogP contribution in [-0.2, 0) is 12.2 Å². The molecule has 4 aromatic rings. The molecule has 0 amide bonds. The molecule has 0 aliphatic carbocycles. The molecule has 0 saturated carbocycles. The Morgan fingerprint density at radius 2 is 1.52 bits per heavy atom. The zero-order chi connectivity index (χ0) is 20.2. The lowest BCUT2D eigenvalue weighted by atomic mass is 10.1. The van der Waals surface area contributed by atoms with Gasteiger partial charge in [-0.3, -0.25) is 4.57 Å². The van der Waals surface area contributed by atoms with E-state index in [1.54, 1.807) is 11.8 Å². The van der Waals surface area contributed by atoms with E-state index in [0.29, 0.717) is 5.02 Å². The smallest absolute Gasteiger partial charge is 0.196 e. The molecule has 146 valence electrons. The zero-order valence-electron chi connectivity index (χ0n) is 15.8. The SMILES string of the molecule is CCc1ccc(-n2c(SCc3ccc(Br)cc3)nnc2-c2ccc(Cl)cc2)cc1. The number of nitrogens with zero attached hydrogens (tertiary/aromatic N) is 3. The molecule has 0 bridgehead atoms. The average molecular weight is 485 g/mol. The Balaban J connectivity index is 1.71. The van der Waals surface area contributed by atoms with Crippen molar-refractivity contribution >= 4 is 39.3 Å². The fourth-order valence-electron chi connectivity index (χ4n) is 2.99. The van der Waals surface area contributed by atoms with Gasteiger partial charge in [0.25, 0.3) is 0 Å². The van der Waals surface area contributed by atoms with Gasteiger partial charge in [-0.1, -0.05) is 70.5 Å². The summed E-state index contributed by atoms with van der Waals surface area (Å²) >= 11 is 11.2. The number of aryl methyl sites for hydroxylation is 1. The van der Waals surface area contributed by atoms with E-state index in [-0.39, 0.29) is 0 Å². The van der Waals surface area contributed by atoms with E-state index in [9.17, 15) is 0 Å². The Hall–Kier alpha value is -2.08. The van der Waals surface area contributed by atoms with Crippen molar-refractivity contribution in [3.63, 3.8) is 0 Å². The quantitative estimate of drug-likeness (QED) is 0.271. The largest absolute Gasteiger partial charge is 0.270 e. The average Bonchev–Trinajstić information content (AvgIpc) is 3.18. The molecule has 1 heterocycles. The van der Waals surface area contributed by atoms with Crippen LogP contribution in [0.2, 0.25) is 5.02 Å². The van der Waals surface area contributed by atoms with Gasteiger partial charge in [0.15, 0.2) is 11.0 Å². The fourth-order valence-corrected chi connectivity index (χ4v) is 4.29. The highest BCUT2D eigenvalue weighted by atomic mass is 79.9. The molecule has 0 spiro atoms. The van der Waals surface area contributed by atoms with Crippen LogP contribution >= 0.6 is 39.3 Å². The van der Waals surface area contributed by atoms with Gasteiger partial charge in [-0.05, 0) is 66.1 Å². The number of hydrogen-bond acceptors (Lipinski definition) is 3. The van der Waals surface area contributed by atoms with Crippen molar-refractivity contribution in [2.45, 2.75) is 24.3 Å². The monoisotopic (exact) mass is 483 g/mol. The maximum atomic E-state index is 6.07. The Morgan fingerprint density at radius 3 is 2.17 bits per heavy atom. The minimum absolute atomic E-state index is 0.706. The highest BCUT2D eigenvalue weighted by molar-refractivity contribution is 9.10. The highest BCUT2D eigenvalue weighted by Gasteiger charge is 2.16. The summed E-state index contributed by atoms with van der Waals surface area (Å²) < 4.78 is 3.20. The third-order valence-corrected chi connectivity index (χ3v) is 6.40. The van der Waals surface area contributed by atoms with Crippen LogP contribution < -0.4 is 0 Å². The molecule has 0 radical (unpaired) electrons. The molecule has 3 aromatic carbocycles. The van der Waals surface area contributed by atoms with Crippen LogP contribution in [0.4, 0.5) is 0 Å². The van der Waals surface area contributed by atoms with Crippen molar-refractivity contribution in [1.29, 1.82) is 0 Å². The normalized spacial score (nSPS) is 11.0. The van der Waals surface area contributed by atoms with Crippen LogP contribution in [0, 0.1) is 0 Å². The van der Waals surface area contributed by atoms with Gasteiger partial charge in [-0.2, -0.15) is 0 Å². The van der Waals surface area contributed by atoms with Gasteiger partial charge in [0.05, 0.1) is 0 Å². The molecular formula is C23H19BrClN3S. The lowest BCUT2D eigenvalue weighted by Gasteiger charge is -2.11. The second-order valence-electron chi connectivity index (χ2n) is 6.58. The fraction of sp³-hybridized carbons (Fsp3) is 0.130. The molecule has 6 heteroatoms. The number of rotatable bonds is 6. The van der Waals surface area contributed by atoms with Gasteiger partial charge in [0, 0.05) is 26.5 Å². The van der Waals surface area contributed by atoms with E-state index >= 15 is 0 Å². The molecule has 0 aliphatic heterocycles. The van der Waals surface area contributed by atoms with E-state index in [1.807, 2.05) is 24.3 Å². The summed E-state index contributed by atoms with van der Waals surface area (Å²) in [4.78, 5) is 0. The minimum atomic E-state index is 0.706. The molecule has 29 heavy (non-hydrogen) atoms. The Morgan fingerprint density at radius 1 is 0.862 bits per heavy atom. The summed E-state index contributed by atoms with van der Waals surface area (Å²) in [5.74, 6) is 1.63. The molecule has 0 unspecified atom stereocenters. The predicted octanol–water partition coefficient (Wildman–Crippen LogP) is 7.20. The summed E-state index contributed by atoms with van der Waals surface area (Å²) in [6, 6.07) is 24.6. The lowest BCUT2D eigenvalue weighted by Crippen LogP contribution is -2.00. The van der Waals surface area contributed by atoms with Crippen LogP contribution in [0.25, 0.3) is 17.1 Å². The first-order chi connectivity index (χ1) is 14.1. The topological polar surface area (TPSA) is 30.7 Å². The Kier molecular flexibility index (Phi) is 6.38. The summed E-state index contributed by atoms with van der Waals surface area (Å²) in [5.41, 5.74) is 4.58. The highest BCUT2D eigenvalue weighted by Crippen LogP contribution is 2.30. The Labute approximate surface area is 188 Å². The van der Waals surface area contributed by atoms with Gasteiger partial charge in [-0.15, -0.1) is 10.2 Å². The van der Waals surface area contributed by atoms with Crippen molar-refractivity contribution in [3.8, 4) is 17.1 Å². The van der Waals surface area contributed by atoms with Crippen LogP contribution in [0.1, 0.15) is 18.1 Å². The number of hydrogen-bond donors (Lipinski definition) is 0. The molecule has 0 fully saturated rings. The maximum absolute atomic E-state index is 6.07. The molecular weight excluding hydrogens is 466 g/mol. The first-order valence-corrected chi connectivity index (χ1v) is 11.5. The summed E-state index contributed by atoms with van der Waals surface area (Å²) in [7, 11) is 0. The van der Waals surface area contributed by atoms with Crippen molar-refractivity contribution in [2.24, 2.45) is 0 Å². The first-order valence-electron chi connectivity index (χ1n) is 9.32. The zero-order valence-corrected chi connectivity index (χ0v) is 19.0. The van der Waals surface area contributed by atoms with Crippen LogP contribution in [0.3, 0.4) is 0 Å². The van der Waals surface area contributed by atoms with Gasteiger partial charge in [0.2, 0.25) is 0 Å². The third kappa shape index (κ3) is 4.74. The number of thioether (sulfide) groups is 1. The molecule has 0 atom stereocenters. The molecule has 3 nitrogen and oxygen atoms in total. The van der Waals surface area contributed by atoms with Crippen molar-refractivity contribution in [3.05, 3.63) is 93.4 Å². The Bertz CT molecular complexity index is 1090. The maximum Gasteiger partial charge on any atom is 0.196 e. The number of benzene rings is 3. The minimum Gasteiger partial charge on any atom is -0.270 e. The number of aromatic nitrogens is 3. The molecule has 4 rings (SSSR count). The van der Waals surface area contributed by atoms with Gasteiger partial charge >= 0.3 is 0 Å². The second kappa shape index (κ2) is 9.16. The van der Waals surface area contributed by atoms with Gasteiger partial charge < -0.3 is 0 Å². The van der Waals surface area contributed by atoms with E-state index in [2.05, 4.69) is 86.1 Å². The van der Waals surface area contributed by atoms with Gasteiger partial charge in [0.1, 0.15) is 0 Å². The molecule has 0 aliphatic rings. The van der Waals surface area contributed by atoms with Crippen LogP contribution in [0.5, 0.6) is 0 Å². The van der Waals surface area contributed by atoms with E-state index < -0.39 is 0 Å². The van der Waals surface area contributed by atoms with Crippen LogP contribution in [0.15, 0.2) is 82.4 Å². The van der Waals surface area contributed by atoms with E-state index in [0.717, 1.165) is 38.9 Å². The van der Waals surface area contributed by atoms with Crippen LogP contribution in [-0.4, -0.2) is 14.8 Å². The van der Waals surface area contributed by atoms with Gasteiger partial charge in [-0.25, -0.2) is 0 Å². The summed E-state index contributed by atoms with van der Waals surface area (Å²) in [6.45, 7) is 2.16. The van der Waals surface area contributed by atoms with E-state index in [4.69, 9.17) is 11.6 Å². The second-order valence-corrected chi connectivity index (χ2v) is 8.88. The standard InChI is InChI=1S/C23H19BrClN3S/c1-2-16-5-13-21(14-6-16)28-22(18-7-11-20(25)12-8-18)26-27-23(28)29-15-17-3-9-19(24)10-4-17/h3-14H,2,15H2,1H3. The van der Waals surface area contributed by atoms with Crippen molar-refractivity contribution < 1.29 is 0 Å². The lowest BCUT2D eigenvalue weighted by molar-refractivity contribution is 0.885. The van der Waals surface area contributed by atoms with Crippen molar-refractivity contribution in [2.75, 3.05) is 0 Å². The molecule has 1 aromatic heterocycles.